The fraction of sp³-hybridized carbons (Fsp3) is 0.211. The minimum Gasteiger partial charge on any atom is -0.462 e. The van der Waals surface area contributed by atoms with Gasteiger partial charge in [-0.2, -0.15) is 0 Å². The summed E-state index contributed by atoms with van der Waals surface area (Å²) in [5.41, 5.74) is 7.16. The standard InChI is InChI=1S/C19H19N3O4/c1-13-5-7-15-16(11-13)20-21-18(24)14-6-8-17(23)22(12-14)9-3-2-4-10-26-19(15)25/h2-3,5-8,11-12,20H,4,9-10H2,1H3,(H,21,24)/b3-2+. The van der Waals surface area contributed by atoms with Gasteiger partial charge < -0.3 is 9.30 Å². The highest BCUT2D eigenvalue weighted by molar-refractivity contribution is 5.98. The number of esters is 1. The maximum atomic E-state index is 12.4. The summed E-state index contributed by atoms with van der Waals surface area (Å²) in [6.45, 7) is 2.44. The molecule has 2 N–H and O–H groups in total. The van der Waals surface area contributed by atoms with Gasteiger partial charge in [0.2, 0.25) is 0 Å². The summed E-state index contributed by atoms with van der Waals surface area (Å²) in [6.07, 6.45) is 5.67. The molecular formula is C19H19N3O4. The predicted molar refractivity (Wildman–Crippen MR) is 97.0 cm³/mol. The quantitative estimate of drug-likeness (QED) is 0.559. The molecule has 0 aliphatic carbocycles. The first-order chi connectivity index (χ1) is 12.5. The van der Waals surface area contributed by atoms with Crippen molar-refractivity contribution in [3.63, 3.8) is 0 Å². The average molecular weight is 353 g/mol. The summed E-state index contributed by atoms with van der Waals surface area (Å²) in [5.74, 6) is -0.889. The molecule has 2 bridgehead atoms. The van der Waals surface area contributed by atoms with E-state index < -0.39 is 11.9 Å². The molecule has 7 nitrogen and oxygen atoms in total. The van der Waals surface area contributed by atoms with Crippen LogP contribution in [0.4, 0.5) is 5.69 Å². The second kappa shape index (κ2) is 7.69. The van der Waals surface area contributed by atoms with E-state index in [0.717, 1.165) is 5.56 Å². The highest BCUT2D eigenvalue weighted by Gasteiger charge is 2.15. The van der Waals surface area contributed by atoms with Crippen molar-refractivity contribution < 1.29 is 14.3 Å². The van der Waals surface area contributed by atoms with Gasteiger partial charge in [0.1, 0.15) is 0 Å². The fourth-order valence-corrected chi connectivity index (χ4v) is 2.55. The van der Waals surface area contributed by atoms with Crippen molar-refractivity contribution in [1.82, 2.24) is 9.99 Å². The molecule has 0 fully saturated rings. The van der Waals surface area contributed by atoms with Gasteiger partial charge in [-0.3, -0.25) is 20.4 Å². The van der Waals surface area contributed by atoms with Crippen LogP contribution in [0.25, 0.3) is 0 Å². The summed E-state index contributed by atoms with van der Waals surface area (Å²) < 4.78 is 6.71. The Morgan fingerprint density at radius 2 is 1.88 bits per heavy atom. The number of carbonyl (C=O) groups is 2. The molecule has 2 aromatic rings. The number of aromatic nitrogens is 1. The number of amides is 1. The number of rotatable bonds is 0. The summed E-state index contributed by atoms with van der Waals surface area (Å²) in [7, 11) is 0. The summed E-state index contributed by atoms with van der Waals surface area (Å²) >= 11 is 0. The summed E-state index contributed by atoms with van der Waals surface area (Å²) in [5, 5.41) is 0. The molecule has 0 saturated carbocycles. The zero-order valence-corrected chi connectivity index (χ0v) is 14.3. The molecule has 1 aromatic carbocycles. The minimum atomic E-state index is -0.471. The van der Waals surface area contributed by atoms with Crippen LogP contribution >= 0.6 is 0 Å². The van der Waals surface area contributed by atoms with Crippen LogP contribution in [0.3, 0.4) is 0 Å². The lowest BCUT2D eigenvalue weighted by Crippen LogP contribution is -2.31. The highest BCUT2D eigenvalue weighted by Crippen LogP contribution is 2.18. The molecule has 3 rings (SSSR count). The normalized spacial score (nSPS) is 16.2. The van der Waals surface area contributed by atoms with Gasteiger partial charge in [-0.15, -0.1) is 0 Å². The summed E-state index contributed by atoms with van der Waals surface area (Å²) in [4.78, 5) is 36.6. The SMILES string of the molecule is Cc1ccc2c(c1)NNC(=O)c1ccc(=O)n(c1)C/C=C/CCOC2=O. The Morgan fingerprint density at radius 1 is 1.04 bits per heavy atom. The van der Waals surface area contributed by atoms with E-state index in [4.69, 9.17) is 4.74 Å². The highest BCUT2D eigenvalue weighted by atomic mass is 16.5. The van der Waals surface area contributed by atoms with Crippen LogP contribution in [-0.4, -0.2) is 23.1 Å². The van der Waals surface area contributed by atoms with Gasteiger partial charge in [0.15, 0.2) is 0 Å². The van der Waals surface area contributed by atoms with Crippen LogP contribution in [-0.2, 0) is 11.3 Å². The Morgan fingerprint density at radius 3 is 2.73 bits per heavy atom. The van der Waals surface area contributed by atoms with Crippen molar-refractivity contribution in [2.24, 2.45) is 0 Å². The fourth-order valence-electron chi connectivity index (χ4n) is 2.55. The molecule has 1 aromatic heterocycles. The zero-order chi connectivity index (χ0) is 18.5. The first-order valence-corrected chi connectivity index (χ1v) is 8.24. The number of benzene rings is 1. The van der Waals surface area contributed by atoms with Crippen LogP contribution in [0.1, 0.15) is 32.7 Å². The second-order valence-electron chi connectivity index (χ2n) is 5.93. The van der Waals surface area contributed by atoms with E-state index >= 15 is 0 Å². The Hall–Kier alpha value is -3.35. The number of pyridine rings is 1. The molecule has 0 unspecified atom stereocenters. The molecule has 134 valence electrons. The van der Waals surface area contributed by atoms with Crippen molar-refractivity contribution in [2.45, 2.75) is 19.9 Å². The molecule has 1 amide bonds. The van der Waals surface area contributed by atoms with E-state index in [0.29, 0.717) is 29.8 Å². The van der Waals surface area contributed by atoms with E-state index in [9.17, 15) is 14.4 Å². The number of cyclic esters (lactones) is 1. The van der Waals surface area contributed by atoms with E-state index in [2.05, 4.69) is 10.9 Å². The van der Waals surface area contributed by atoms with Crippen molar-refractivity contribution in [3.8, 4) is 0 Å². The maximum absolute atomic E-state index is 12.4. The van der Waals surface area contributed by atoms with Gasteiger partial charge in [-0.1, -0.05) is 18.2 Å². The number of hydrazine groups is 1. The van der Waals surface area contributed by atoms with Crippen LogP contribution < -0.4 is 16.4 Å². The van der Waals surface area contributed by atoms with Gasteiger partial charge in [0, 0.05) is 18.8 Å². The number of nitrogens with zero attached hydrogens (tertiary/aromatic N) is 1. The number of nitrogens with one attached hydrogen (secondary N) is 2. The lowest BCUT2D eigenvalue weighted by molar-refractivity contribution is 0.0512. The molecule has 0 spiro atoms. The van der Waals surface area contributed by atoms with Crippen molar-refractivity contribution in [1.29, 1.82) is 0 Å². The van der Waals surface area contributed by atoms with E-state index in [1.165, 1.54) is 22.9 Å². The van der Waals surface area contributed by atoms with Crippen LogP contribution in [0.5, 0.6) is 0 Å². The van der Waals surface area contributed by atoms with E-state index in [1.807, 2.05) is 13.0 Å². The van der Waals surface area contributed by atoms with Gasteiger partial charge in [0.05, 0.1) is 23.4 Å². The monoisotopic (exact) mass is 353 g/mol. The first kappa shape index (κ1) is 17.5. The number of aryl methyl sites for hydroxylation is 1. The number of fused-ring (bicyclic) bond motifs is 3. The number of ether oxygens (including phenoxy) is 1. The Balaban J connectivity index is 1.95. The number of hydrogen-bond acceptors (Lipinski definition) is 5. The van der Waals surface area contributed by atoms with Crippen LogP contribution in [0, 0.1) is 6.92 Å². The third-order valence-corrected chi connectivity index (χ3v) is 3.94. The molecule has 0 radical (unpaired) electrons. The Kier molecular flexibility index (Phi) is 5.17. The number of allylic oxidation sites excluding steroid dienone is 1. The topological polar surface area (TPSA) is 89.4 Å². The third kappa shape index (κ3) is 4.00. The van der Waals surface area contributed by atoms with Crippen molar-refractivity contribution in [3.05, 3.63) is 75.7 Å². The minimum absolute atomic E-state index is 0.198. The molecule has 2 heterocycles. The van der Waals surface area contributed by atoms with Gasteiger partial charge in [-0.25, -0.2) is 4.79 Å². The Bertz CT molecular complexity index is 931. The van der Waals surface area contributed by atoms with Crippen LogP contribution in [0.2, 0.25) is 0 Å². The molecule has 0 atom stereocenters. The van der Waals surface area contributed by atoms with Gasteiger partial charge in [0.25, 0.3) is 11.5 Å². The number of anilines is 1. The lowest BCUT2D eigenvalue weighted by Gasteiger charge is -2.13. The predicted octanol–water partition coefficient (Wildman–Crippen LogP) is 2.03. The second-order valence-corrected chi connectivity index (χ2v) is 5.93. The van der Waals surface area contributed by atoms with E-state index in [-0.39, 0.29) is 12.2 Å². The molecule has 1 aliphatic heterocycles. The molecular weight excluding hydrogens is 334 g/mol. The molecule has 26 heavy (non-hydrogen) atoms. The first-order valence-electron chi connectivity index (χ1n) is 8.24. The van der Waals surface area contributed by atoms with E-state index in [1.54, 1.807) is 24.3 Å². The van der Waals surface area contributed by atoms with Crippen LogP contribution in [0.15, 0.2) is 53.5 Å². The van der Waals surface area contributed by atoms with Crippen molar-refractivity contribution >= 4 is 17.6 Å². The van der Waals surface area contributed by atoms with Gasteiger partial charge in [-0.05, 0) is 37.1 Å². The largest absolute Gasteiger partial charge is 0.462 e. The van der Waals surface area contributed by atoms with Gasteiger partial charge >= 0.3 is 5.97 Å². The zero-order valence-electron chi connectivity index (χ0n) is 14.3. The molecule has 0 saturated heterocycles. The molecule has 7 heteroatoms. The Labute approximate surface area is 150 Å². The van der Waals surface area contributed by atoms with Crippen molar-refractivity contribution in [2.75, 3.05) is 12.0 Å². The third-order valence-electron chi connectivity index (χ3n) is 3.94. The maximum Gasteiger partial charge on any atom is 0.340 e. The average Bonchev–Trinajstić information content (AvgIpc) is 2.63. The lowest BCUT2D eigenvalue weighted by atomic mass is 10.1. The number of hydrogen-bond donors (Lipinski definition) is 2. The molecule has 1 aliphatic rings. The smallest absolute Gasteiger partial charge is 0.340 e. The summed E-state index contributed by atoms with van der Waals surface area (Å²) in [6, 6.07) is 8.01. The number of carbonyl (C=O) groups excluding carboxylic acids is 2.